The molecule has 0 saturated heterocycles. The zero-order chi connectivity index (χ0) is 18.5. The number of nitrogens with one attached hydrogen (secondary N) is 1. The standard InChI is InChI=1S/C20H17BrClN3O/c1-14-6-8-15(9-7-14)12-25-13-17(21)20(24-25)23-19(26)11-10-16-4-2-3-5-18(16)22/h2-11,13H,12H2,1H3,(H,23,24,26)/b11-10+. The minimum absolute atomic E-state index is 0.272. The maximum absolute atomic E-state index is 12.1. The van der Waals surface area contributed by atoms with Gasteiger partial charge in [0.15, 0.2) is 5.82 Å². The third-order valence-electron chi connectivity index (χ3n) is 3.74. The van der Waals surface area contributed by atoms with E-state index in [4.69, 9.17) is 11.6 Å². The second-order valence-corrected chi connectivity index (χ2v) is 7.11. The van der Waals surface area contributed by atoms with Crippen LogP contribution >= 0.6 is 27.5 Å². The van der Waals surface area contributed by atoms with Crippen LogP contribution in [0.15, 0.2) is 65.3 Å². The van der Waals surface area contributed by atoms with Crippen LogP contribution in [0.3, 0.4) is 0 Å². The summed E-state index contributed by atoms with van der Waals surface area (Å²) in [7, 11) is 0. The highest BCUT2D eigenvalue weighted by Crippen LogP contribution is 2.21. The molecule has 0 radical (unpaired) electrons. The number of benzene rings is 2. The van der Waals surface area contributed by atoms with Gasteiger partial charge in [-0.15, -0.1) is 0 Å². The van der Waals surface area contributed by atoms with Gasteiger partial charge in [0.05, 0.1) is 11.0 Å². The van der Waals surface area contributed by atoms with Crippen LogP contribution in [-0.2, 0) is 11.3 Å². The van der Waals surface area contributed by atoms with E-state index in [-0.39, 0.29) is 5.91 Å². The van der Waals surface area contributed by atoms with Gasteiger partial charge in [0.1, 0.15) is 0 Å². The highest BCUT2D eigenvalue weighted by Gasteiger charge is 2.09. The normalized spacial score (nSPS) is 11.0. The number of hydrogen-bond acceptors (Lipinski definition) is 2. The van der Waals surface area contributed by atoms with E-state index in [1.54, 1.807) is 16.8 Å². The molecule has 0 spiro atoms. The van der Waals surface area contributed by atoms with Crippen molar-refractivity contribution in [3.63, 3.8) is 0 Å². The van der Waals surface area contributed by atoms with Gasteiger partial charge in [-0.2, -0.15) is 5.10 Å². The molecular formula is C20H17BrClN3O. The van der Waals surface area contributed by atoms with Crippen molar-refractivity contribution in [2.45, 2.75) is 13.5 Å². The number of halogens is 2. The fourth-order valence-electron chi connectivity index (χ4n) is 2.38. The Bertz CT molecular complexity index is 948. The number of aryl methyl sites for hydroxylation is 1. The summed E-state index contributed by atoms with van der Waals surface area (Å²) < 4.78 is 2.51. The number of hydrogen-bond donors (Lipinski definition) is 1. The summed E-state index contributed by atoms with van der Waals surface area (Å²) in [4.78, 5) is 12.1. The average molecular weight is 431 g/mol. The van der Waals surface area contributed by atoms with Crippen molar-refractivity contribution in [3.8, 4) is 0 Å². The zero-order valence-electron chi connectivity index (χ0n) is 14.1. The zero-order valence-corrected chi connectivity index (χ0v) is 16.5. The highest BCUT2D eigenvalue weighted by molar-refractivity contribution is 9.10. The molecule has 0 saturated carbocycles. The van der Waals surface area contributed by atoms with Crippen LogP contribution in [-0.4, -0.2) is 15.7 Å². The van der Waals surface area contributed by atoms with E-state index in [1.165, 1.54) is 11.6 Å². The van der Waals surface area contributed by atoms with Crippen LogP contribution in [0.25, 0.3) is 6.08 Å². The summed E-state index contributed by atoms with van der Waals surface area (Å²) in [6.07, 6.45) is 4.95. The molecule has 3 aromatic rings. The fourth-order valence-corrected chi connectivity index (χ4v) is 2.99. The van der Waals surface area contributed by atoms with E-state index in [0.717, 1.165) is 15.6 Å². The predicted molar refractivity (Wildman–Crippen MR) is 109 cm³/mol. The molecule has 1 amide bonds. The number of carbonyl (C=O) groups is 1. The van der Waals surface area contributed by atoms with E-state index >= 15 is 0 Å². The molecule has 6 heteroatoms. The second-order valence-electron chi connectivity index (χ2n) is 5.85. The van der Waals surface area contributed by atoms with Crippen LogP contribution < -0.4 is 5.32 Å². The number of nitrogens with zero attached hydrogens (tertiary/aromatic N) is 2. The maximum atomic E-state index is 12.1. The Morgan fingerprint density at radius 3 is 2.69 bits per heavy atom. The van der Waals surface area contributed by atoms with E-state index in [9.17, 15) is 4.79 Å². The van der Waals surface area contributed by atoms with Crippen LogP contribution in [0, 0.1) is 6.92 Å². The maximum Gasteiger partial charge on any atom is 0.249 e. The van der Waals surface area contributed by atoms with Gasteiger partial charge in [-0.3, -0.25) is 9.48 Å². The van der Waals surface area contributed by atoms with Crippen molar-refractivity contribution >= 4 is 45.3 Å². The Labute approximate surface area is 165 Å². The van der Waals surface area contributed by atoms with Crippen LogP contribution in [0.1, 0.15) is 16.7 Å². The first-order valence-corrected chi connectivity index (χ1v) is 9.20. The first-order valence-electron chi connectivity index (χ1n) is 8.03. The molecule has 0 aliphatic heterocycles. The SMILES string of the molecule is Cc1ccc(Cn2cc(Br)c(NC(=O)/C=C/c3ccccc3Cl)n2)cc1. The van der Waals surface area contributed by atoms with Crippen LogP contribution in [0.4, 0.5) is 5.82 Å². The van der Waals surface area contributed by atoms with Crippen molar-refractivity contribution in [2.75, 3.05) is 5.32 Å². The number of rotatable bonds is 5. The Hall–Kier alpha value is -2.37. The van der Waals surface area contributed by atoms with E-state index in [1.807, 2.05) is 24.4 Å². The molecule has 4 nitrogen and oxygen atoms in total. The third-order valence-corrected chi connectivity index (χ3v) is 4.67. The molecule has 1 heterocycles. The Morgan fingerprint density at radius 1 is 1.23 bits per heavy atom. The van der Waals surface area contributed by atoms with Crippen molar-refractivity contribution < 1.29 is 4.79 Å². The molecule has 1 aromatic heterocycles. The number of carbonyl (C=O) groups excluding carboxylic acids is 1. The Kier molecular flexibility index (Phi) is 5.91. The Morgan fingerprint density at radius 2 is 1.96 bits per heavy atom. The number of aromatic nitrogens is 2. The topological polar surface area (TPSA) is 46.9 Å². The summed E-state index contributed by atoms with van der Waals surface area (Å²) in [5, 5.41) is 7.78. The second kappa shape index (κ2) is 8.34. The highest BCUT2D eigenvalue weighted by atomic mass is 79.9. The van der Waals surface area contributed by atoms with Gasteiger partial charge in [0, 0.05) is 17.3 Å². The number of anilines is 1. The Balaban J connectivity index is 1.66. The average Bonchev–Trinajstić information content (AvgIpc) is 2.95. The molecule has 26 heavy (non-hydrogen) atoms. The largest absolute Gasteiger partial charge is 0.305 e. The summed E-state index contributed by atoms with van der Waals surface area (Å²) in [6, 6.07) is 15.6. The van der Waals surface area contributed by atoms with Crippen LogP contribution in [0.5, 0.6) is 0 Å². The molecule has 0 aliphatic rings. The van der Waals surface area contributed by atoms with Gasteiger partial charge < -0.3 is 5.32 Å². The minimum Gasteiger partial charge on any atom is -0.305 e. The summed E-state index contributed by atoms with van der Waals surface area (Å²) >= 11 is 9.51. The quantitative estimate of drug-likeness (QED) is 0.558. The van der Waals surface area contributed by atoms with Crippen molar-refractivity contribution in [1.29, 1.82) is 0 Å². The molecule has 0 unspecified atom stereocenters. The van der Waals surface area contributed by atoms with Gasteiger partial charge in [-0.1, -0.05) is 59.6 Å². The molecule has 0 atom stereocenters. The lowest BCUT2D eigenvalue weighted by molar-refractivity contribution is -0.111. The monoisotopic (exact) mass is 429 g/mol. The molecule has 132 valence electrons. The fraction of sp³-hybridized carbons (Fsp3) is 0.100. The molecular weight excluding hydrogens is 414 g/mol. The first kappa shape index (κ1) is 18.4. The third kappa shape index (κ3) is 4.84. The van der Waals surface area contributed by atoms with E-state index in [2.05, 4.69) is 57.5 Å². The molecule has 0 aliphatic carbocycles. The van der Waals surface area contributed by atoms with Crippen molar-refractivity contribution in [3.05, 3.63) is 87.0 Å². The lowest BCUT2D eigenvalue weighted by atomic mass is 10.1. The summed E-state index contributed by atoms with van der Waals surface area (Å²) in [5.41, 5.74) is 3.14. The first-order chi connectivity index (χ1) is 12.5. The number of amides is 1. The summed E-state index contributed by atoms with van der Waals surface area (Å²) in [5.74, 6) is 0.206. The van der Waals surface area contributed by atoms with Gasteiger partial charge in [0.25, 0.3) is 0 Å². The molecule has 3 rings (SSSR count). The van der Waals surface area contributed by atoms with Gasteiger partial charge in [-0.25, -0.2) is 0 Å². The van der Waals surface area contributed by atoms with Gasteiger partial charge in [0.2, 0.25) is 5.91 Å². The van der Waals surface area contributed by atoms with Gasteiger partial charge in [-0.05, 0) is 46.1 Å². The lowest BCUT2D eigenvalue weighted by Crippen LogP contribution is -2.09. The van der Waals surface area contributed by atoms with Crippen molar-refractivity contribution in [1.82, 2.24) is 9.78 Å². The molecule has 2 aromatic carbocycles. The van der Waals surface area contributed by atoms with Crippen LogP contribution in [0.2, 0.25) is 5.02 Å². The van der Waals surface area contributed by atoms with E-state index < -0.39 is 0 Å². The molecule has 0 bridgehead atoms. The smallest absolute Gasteiger partial charge is 0.249 e. The minimum atomic E-state index is -0.272. The van der Waals surface area contributed by atoms with Gasteiger partial charge >= 0.3 is 0 Å². The summed E-state index contributed by atoms with van der Waals surface area (Å²) in [6.45, 7) is 2.68. The van der Waals surface area contributed by atoms with Crippen molar-refractivity contribution in [2.24, 2.45) is 0 Å². The van der Waals surface area contributed by atoms with E-state index in [0.29, 0.717) is 17.4 Å². The predicted octanol–water partition coefficient (Wildman–Crippen LogP) is 5.31. The molecule has 0 fully saturated rings. The molecule has 1 N–H and O–H groups in total. The lowest BCUT2D eigenvalue weighted by Gasteiger charge is -2.02.